The van der Waals surface area contributed by atoms with Crippen molar-refractivity contribution in [2.24, 2.45) is 0 Å². The number of aromatic nitrogens is 1. The zero-order valence-electron chi connectivity index (χ0n) is 7.76. The maximum Gasteiger partial charge on any atom is 0.0592 e. The number of H-pyrrole nitrogens is 1. The number of rotatable bonds is 3. The highest BCUT2D eigenvalue weighted by Crippen LogP contribution is 2.23. The highest BCUT2D eigenvalue weighted by atomic mass is 127. The van der Waals surface area contributed by atoms with Gasteiger partial charge in [0.1, 0.15) is 0 Å². The Kier molecular flexibility index (Phi) is 3.08. The van der Waals surface area contributed by atoms with Crippen LogP contribution in [-0.4, -0.2) is 16.7 Å². The maximum atomic E-state index is 8.78. The third-order valence-corrected chi connectivity index (χ3v) is 3.25. The summed E-state index contributed by atoms with van der Waals surface area (Å²) < 4.78 is 1.25. The number of para-hydroxylation sites is 1. The van der Waals surface area contributed by atoms with Gasteiger partial charge in [0.25, 0.3) is 0 Å². The number of benzene rings is 1. The molecule has 2 rings (SSSR count). The summed E-state index contributed by atoms with van der Waals surface area (Å²) in [5.41, 5.74) is 2.51. The molecule has 0 fully saturated rings. The monoisotopic (exact) mass is 301 g/mol. The molecule has 2 nitrogen and oxygen atoms in total. The van der Waals surface area contributed by atoms with Crippen LogP contribution in [-0.2, 0) is 6.42 Å². The Morgan fingerprint density at radius 1 is 1.36 bits per heavy atom. The standard InChI is InChI=1S/C11H12INO/c12-10-5-1-4-9-8(3-2-6-14)7-13-11(9)10/h1,4-5,7,13-14H,2-3,6H2. The van der Waals surface area contributed by atoms with Crippen LogP contribution in [0.3, 0.4) is 0 Å². The number of nitrogens with one attached hydrogen (secondary N) is 1. The molecule has 0 radical (unpaired) electrons. The molecule has 74 valence electrons. The highest BCUT2D eigenvalue weighted by Gasteiger charge is 2.04. The van der Waals surface area contributed by atoms with E-state index in [1.165, 1.54) is 20.0 Å². The van der Waals surface area contributed by atoms with Gasteiger partial charge in [-0.25, -0.2) is 0 Å². The Morgan fingerprint density at radius 2 is 2.21 bits per heavy atom. The third kappa shape index (κ3) is 1.79. The first-order valence-electron chi connectivity index (χ1n) is 4.68. The van der Waals surface area contributed by atoms with E-state index in [0.29, 0.717) is 0 Å². The highest BCUT2D eigenvalue weighted by molar-refractivity contribution is 14.1. The second-order valence-corrected chi connectivity index (χ2v) is 4.47. The van der Waals surface area contributed by atoms with Crippen LogP contribution in [0, 0.1) is 3.57 Å². The van der Waals surface area contributed by atoms with Crippen molar-refractivity contribution in [3.8, 4) is 0 Å². The lowest BCUT2D eigenvalue weighted by atomic mass is 10.1. The summed E-state index contributed by atoms with van der Waals surface area (Å²) in [4.78, 5) is 3.28. The minimum atomic E-state index is 0.261. The molecule has 0 aliphatic rings. The van der Waals surface area contributed by atoms with Crippen LogP contribution in [0.25, 0.3) is 10.9 Å². The van der Waals surface area contributed by atoms with Gasteiger partial charge in [0.2, 0.25) is 0 Å². The Labute approximate surface area is 96.5 Å². The zero-order chi connectivity index (χ0) is 9.97. The van der Waals surface area contributed by atoms with Crippen LogP contribution in [0.15, 0.2) is 24.4 Å². The average molecular weight is 301 g/mol. The van der Waals surface area contributed by atoms with E-state index in [1.807, 2.05) is 6.20 Å². The summed E-state index contributed by atoms with van der Waals surface area (Å²) in [6.07, 6.45) is 3.82. The zero-order valence-corrected chi connectivity index (χ0v) is 9.91. The van der Waals surface area contributed by atoms with Crippen molar-refractivity contribution in [1.29, 1.82) is 0 Å². The van der Waals surface area contributed by atoms with Crippen molar-refractivity contribution in [1.82, 2.24) is 4.98 Å². The largest absolute Gasteiger partial charge is 0.396 e. The molecule has 14 heavy (non-hydrogen) atoms. The van der Waals surface area contributed by atoms with Gasteiger partial charge < -0.3 is 10.1 Å². The van der Waals surface area contributed by atoms with E-state index in [0.717, 1.165) is 12.8 Å². The minimum absolute atomic E-state index is 0.261. The fraction of sp³-hybridized carbons (Fsp3) is 0.273. The van der Waals surface area contributed by atoms with Gasteiger partial charge in [-0.05, 0) is 47.1 Å². The quantitative estimate of drug-likeness (QED) is 0.840. The lowest BCUT2D eigenvalue weighted by Gasteiger charge is -1.97. The summed E-state index contributed by atoms with van der Waals surface area (Å²) in [5, 5.41) is 10.1. The van der Waals surface area contributed by atoms with Gasteiger partial charge in [0.15, 0.2) is 0 Å². The molecule has 0 unspecified atom stereocenters. The van der Waals surface area contributed by atoms with Crippen molar-refractivity contribution in [3.05, 3.63) is 33.5 Å². The molecule has 0 saturated heterocycles. The van der Waals surface area contributed by atoms with Crippen LogP contribution in [0.4, 0.5) is 0 Å². The van der Waals surface area contributed by atoms with Gasteiger partial charge in [-0.15, -0.1) is 0 Å². The molecule has 2 aromatic rings. The van der Waals surface area contributed by atoms with Gasteiger partial charge in [-0.2, -0.15) is 0 Å². The number of aryl methyl sites for hydroxylation is 1. The van der Waals surface area contributed by atoms with E-state index in [-0.39, 0.29) is 6.61 Å². The molecule has 1 aromatic carbocycles. The maximum absolute atomic E-state index is 8.78. The first-order chi connectivity index (χ1) is 6.83. The summed E-state index contributed by atoms with van der Waals surface area (Å²) in [6, 6.07) is 6.29. The number of hydrogen-bond acceptors (Lipinski definition) is 1. The topological polar surface area (TPSA) is 36.0 Å². The molecule has 0 aliphatic heterocycles. The molecule has 3 heteroatoms. The summed E-state index contributed by atoms with van der Waals surface area (Å²) in [7, 11) is 0. The first-order valence-corrected chi connectivity index (χ1v) is 5.76. The molecule has 0 amide bonds. The predicted molar refractivity (Wildman–Crippen MR) is 66.4 cm³/mol. The molecular formula is C11H12INO. The molecule has 2 N–H and O–H groups in total. The van der Waals surface area contributed by atoms with Crippen molar-refractivity contribution in [2.75, 3.05) is 6.61 Å². The van der Waals surface area contributed by atoms with E-state index in [9.17, 15) is 0 Å². The molecule has 0 bridgehead atoms. The number of hydrogen-bond donors (Lipinski definition) is 2. The fourth-order valence-corrected chi connectivity index (χ4v) is 2.31. The second-order valence-electron chi connectivity index (χ2n) is 3.30. The van der Waals surface area contributed by atoms with Crippen LogP contribution >= 0.6 is 22.6 Å². The molecule has 0 aliphatic carbocycles. The Bertz CT molecular complexity index is 436. The number of aliphatic hydroxyl groups excluding tert-OH is 1. The van der Waals surface area contributed by atoms with Gasteiger partial charge in [0.05, 0.1) is 5.52 Å². The summed E-state index contributed by atoms with van der Waals surface area (Å²) in [5.74, 6) is 0. The molecule has 0 spiro atoms. The molecule has 0 atom stereocenters. The SMILES string of the molecule is OCCCc1c[nH]c2c(I)cccc12. The summed E-state index contributed by atoms with van der Waals surface area (Å²) in [6.45, 7) is 0.261. The molecule has 1 heterocycles. The van der Waals surface area contributed by atoms with E-state index in [4.69, 9.17) is 5.11 Å². The second kappa shape index (κ2) is 4.31. The minimum Gasteiger partial charge on any atom is -0.396 e. The fourth-order valence-electron chi connectivity index (χ4n) is 1.65. The van der Waals surface area contributed by atoms with Crippen molar-refractivity contribution >= 4 is 33.5 Å². The predicted octanol–water partition coefficient (Wildman–Crippen LogP) is 2.70. The first kappa shape index (κ1) is 9.98. The van der Waals surface area contributed by atoms with Crippen LogP contribution in [0.2, 0.25) is 0 Å². The van der Waals surface area contributed by atoms with E-state index < -0.39 is 0 Å². The van der Waals surface area contributed by atoms with E-state index in [2.05, 4.69) is 45.8 Å². The molecule has 1 aromatic heterocycles. The third-order valence-electron chi connectivity index (χ3n) is 2.35. The van der Waals surface area contributed by atoms with Gasteiger partial charge >= 0.3 is 0 Å². The Balaban J connectivity index is 2.42. The summed E-state index contributed by atoms with van der Waals surface area (Å²) >= 11 is 2.33. The molecular weight excluding hydrogens is 289 g/mol. The van der Waals surface area contributed by atoms with Crippen molar-refractivity contribution in [3.63, 3.8) is 0 Å². The number of aromatic amines is 1. The smallest absolute Gasteiger partial charge is 0.0592 e. The Morgan fingerprint density at radius 3 is 3.00 bits per heavy atom. The van der Waals surface area contributed by atoms with E-state index in [1.54, 1.807) is 0 Å². The van der Waals surface area contributed by atoms with Gasteiger partial charge in [-0.3, -0.25) is 0 Å². The number of aliphatic hydroxyl groups is 1. The van der Waals surface area contributed by atoms with E-state index >= 15 is 0 Å². The van der Waals surface area contributed by atoms with Gasteiger partial charge in [-0.1, -0.05) is 12.1 Å². The lowest BCUT2D eigenvalue weighted by Crippen LogP contribution is -1.87. The van der Waals surface area contributed by atoms with Crippen LogP contribution in [0.1, 0.15) is 12.0 Å². The molecule has 0 saturated carbocycles. The normalized spacial score (nSPS) is 11.0. The van der Waals surface area contributed by atoms with Gasteiger partial charge in [0, 0.05) is 21.8 Å². The van der Waals surface area contributed by atoms with Crippen LogP contribution in [0.5, 0.6) is 0 Å². The van der Waals surface area contributed by atoms with Crippen molar-refractivity contribution < 1.29 is 5.11 Å². The van der Waals surface area contributed by atoms with Crippen molar-refractivity contribution in [2.45, 2.75) is 12.8 Å². The lowest BCUT2D eigenvalue weighted by molar-refractivity contribution is 0.289. The number of fused-ring (bicyclic) bond motifs is 1. The number of halogens is 1. The Hall–Kier alpha value is -0.550. The average Bonchev–Trinajstić information content (AvgIpc) is 2.60. The van der Waals surface area contributed by atoms with Crippen LogP contribution < -0.4 is 0 Å².